The van der Waals surface area contributed by atoms with Gasteiger partial charge < -0.3 is 14.6 Å². The molecule has 0 radical (unpaired) electrons. The second-order valence-electron chi connectivity index (χ2n) is 9.05. The molecule has 2 heterocycles. The van der Waals surface area contributed by atoms with Crippen molar-refractivity contribution in [2.24, 2.45) is 0 Å². The van der Waals surface area contributed by atoms with E-state index in [4.69, 9.17) is 4.74 Å². The largest absolute Gasteiger partial charge is 0.375 e. The highest BCUT2D eigenvalue weighted by Crippen LogP contribution is 2.28. The van der Waals surface area contributed by atoms with Crippen LogP contribution in [0.2, 0.25) is 0 Å². The number of carbonyl (C=O) groups is 2. The Labute approximate surface area is 187 Å². The number of fused-ring (bicyclic) bond motifs is 1. The van der Waals surface area contributed by atoms with Gasteiger partial charge in [0.15, 0.2) is 5.78 Å². The number of benzene rings is 2. The molecule has 32 heavy (non-hydrogen) atoms. The Morgan fingerprint density at radius 3 is 2.62 bits per heavy atom. The van der Waals surface area contributed by atoms with Crippen LogP contribution in [0.25, 0.3) is 10.9 Å². The average molecular weight is 437 g/mol. The molecule has 2 aromatic carbocycles. The van der Waals surface area contributed by atoms with Gasteiger partial charge in [0.25, 0.3) is 5.91 Å². The van der Waals surface area contributed by atoms with Gasteiger partial charge in [0.05, 0.1) is 16.7 Å². The molecule has 1 aliphatic rings. The highest BCUT2D eigenvalue weighted by molar-refractivity contribution is 6.07. The Kier molecular flexibility index (Phi) is 6.15. The lowest BCUT2D eigenvalue weighted by Crippen LogP contribution is -2.45. The van der Waals surface area contributed by atoms with E-state index in [1.165, 1.54) is 6.07 Å². The highest BCUT2D eigenvalue weighted by Gasteiger charge is 2.30. The van der Waals surface area contributed by atoms with Gasteiger partial charge in [-0.1, -0.05) is 37.3 Å². The van der Waals surface area contributed by atoms with E-state index in [-0.39, 0.29) is 23.3 Å². The fourth-order valence-electron chi connectivity index (χ4n) is 4.43. The van der Waals surface area contributed by atoms with Gasteiger partial charge in [-0.2, -0.15) is 0 Å². The van der Waals surface area contributed by atoms with Crippen molar-refractivity contribution in [1.82, 2.24) is 9.88 Å². The average Bonchev–Trinajstić information content (AvgIpc) is 3.13. The third-order valence-electron chi connectivity index (χ3n) is 6.08. The molecule has 1 amide bonds. The normalized spacial score (nSPS) is 17.9. The van der Waals surface area contributed by atoms with Crippen LogP contribution in [0.5, 0.6) is 0 Å². The van der Waals surface area contributed by atoms with Crippen LogP contribution in [-0.2, 0) is 11.3 Å². The molecule has 168 valence electrons. The minimum Gasteiger partial charge on any atom is -0.375 e. The summed E-state index contributed by atoms with van der Waals surface area (Å²) in [6.07, 6.45) is 3.63. The first-order valence-corrected chi connectivity index (χ1v) is 11.1. The number of halogens is 1. The number of amides is 1. The molecule has 6 heteroatoms. The molecule has 1 unspecified atom stereocenters. The van der Waals surface area contributed by atoms with Crippen molar-refractivity contribution in [3.63, 3.8) is 0 Å². The first kappa shape index (κ1) is 22.2. The molecule has 1 aromatic heterocycles. The van der Waals surface area contributed by atoms with E-state index < -0.39 is 5.82 Å². The monoisotopic (exact) mass is 436 g/mol. The Morgan fingerprint density at radius 2 is 1.94 bits per heavy atom. The Balaban J connectivity index is 1.62. The van der Waals surface area contributed by atoms with Gasteiger partial charge in [-0.05, 0) is 44.4 Å². The van der Waals surface area contributed by atoms with Gasteiger partial charge in [0.2, 0.25) is 0 Å². The molecule has 3 aromatic rings. The number of hydrogen-bond donors (Lipinski definition) is 1. The summed E-state index contributed by atoms with van der Waals surface area (Å²) in [4.78, 5) is 25.0. The number of rotatable bonds is 6. The van der Waals surface area contributed by atoms with E-state index in [1.807, 2.05) is 55.7 Å². The Morgan fingerprint density at radius 1 is 1.19 bits per heavy atom. The number of ketones is 1. The summed E-state index contributed by atoms with van der Waals surface area (Å²) in [6, 6.07) is 12.3. The fourth-order valence-corrected chi connectivity index (χ4v) is 4.43. The molecule has 1 aliphatic heterocycles. The first-order valence-electron chi connectivity index (χ1n) is 11.1. The summed E-state index contributed by atoms with van der Waals surface area (Å²) in [5.74, 6) is -0.590. The van der Waals surface area contributed by atoms with Crippen LogP contribution < -0.4 is 5.32 Å². The number of ether oxygens (including phenoxy) is 1. The standard InChI is InChI=1S/C26H29FN2O3/c1-4-23(30)18-10-8-17(9-11-18)15-29-16-20(24-21(27)6-5-7-22(24)29)25(31)28-19-12-13-32-26(2,3)14-19/h5-11,16,19H,4,12-15H2,1-3H3,(H,28,31). The van der Waals surface area contributed by atoms with Gasteiger partial charge in [-0.3, -0.25) is 9.59 Å². The van der Waals surface area contributed by atoms with E-state index in [0.29, 0.717) is 48.0 Å². The Hall–Kier alpha value is -2.99. The molecule has 0 bridgehead atoms. The summed E-state index contributed by atoms with van der Waals surface area (Å²) >= 11 is 0. The molecule has 1 atom stereocenters. The zero-order valence-electron chi connectivity index (χ0n) is 18.8. The third-order valence-corrected chi connectivity index (χ3v) is 6.08. The van der Waals surface area contributed by atoms with Crippen molar-refractivity contribution in [3.8, 4) is 0 Å². The zero-order chi connectivity index (χ0) is 22.9. The molecular formula is C26H29FN2O3. The van der Waals surface area contributed by atoms with E-state index >= 15 is 0 Å². The lowest BCUT2D eigenvalue weighted by atomic mass is 9.94. The minimum absolute atomic E-state index is 0.0138. The van der Waals surface area contributed by atoms with Crippen molar-refractivity contribution in [2.45, 2.75) is 58.2 Å². The van der Waals surface area contributed by atoms with Crippen molar-refractivity contribution in [2.75, 3.05) is 6.61 Å². The molecule has 1 saturated heterocycles. The molecule has 4 rings (SSSR count). The molecule has 0 saturated carbocycles. The van der Waals surface area contributed by atoms with Crippen molar-refractivity contribution in [3.05, 3.63) is 71.2 Å². The predicted octanol–water partition coefficient (Wildman–Crippen LogP) is 5.11. The van der Waals surface area contributed by atoms with Crippen LogP contribution in [0.1, 0.15) is 66.3 Å². The molecule has 5 nitrogen and oxygen atoms in total. The molecule has 0 aliphatic carbocycles. The van der Waals surface area contributed by atoms with Gasteiger partial charge in [-0.25, -0.2) is 4.39 Å². The van der Waals surface area contributed by atoms with E-state index in [0.717, 1.165) is 12.0 Å². The van der Waals surface area contributed by atoms with Crippen molar-refractivity contribution < 1.29 is 18.7 Å². The lowest BCUT2D eigenvalue weighted by molar-refractivity contribution is -0.0615. The third kappa shape index (κ3) is 4.60. The highest BCUT2D eigenvalue weighted by atomic mass is 19.1. The Bertz CT molecular complexity index is 1150. The van der Waals surface area contributed by atoms with Crippen LogP contribution in [0.15, 0.2) is 48.7 Å². The van der Waals surface area contributed by atoms with Crippen LogP contribution in [0.3, 0.4) is 0 Å². The second kappa shape index (κ2) is 8.87. The maximum atomic E-state index is 14.8. The maximum Gasteiger partial charge on any atom is 0.253 e. The van der Waals surface area contributed by atoms with Gasteiger partial charge in [-0.15, -0.1) is 0 Å². The number of nitrogens with one attached hydrogen (secondary N) is 1. The second-order valence-corrected chi connectivity index (χ2v) is 9.05. The van der Waals surface area contributed by atoms with Gasteiger partial charge in [0, 0.05) is 42.8 Å². The summed E-state index contributed by atoms with van der Waals surface area (Å²) in [7, 11) is 0. The number of aromatic nitrogens is 1. The number of nitrogens with zero attached hydrogens (tertiary/aromatic N) is 1. The summed E-state index contributed by atoms with van der Waals surface area (Å²) in [5.41, 5.74) is 2.35. The predicted molar refractivity (Wildman–Crippen MR) is 123 cm³/mol. The molecule has 1 N–H and O–H groups in total. The van der Waals surface area contributed by atoms with Crippen LogP contribution in [0.4, 0.5) is 4.39 Å². The maximum absolute atomic E-state index is 14.8. The van der Waals surface area contributed by atoms with Crippen LogP contribution in [0, 0.1) is 5.82 Å². The first-order chi connectivity index (χ1) is 15.3. The lowest BCUT2D eigenvalue weighted by Gasteiger charge is -2.35. The quantitative estimate of drug-likeness (QED) is 0.547. The smallest absolute Gasteiger partial charge is 0.253 e. The number of hydrogen-bond acceptors (Lipinski definition) is 3. The zero-order valence-corrected chi connectivity index (χ0v) is 18.8. The van der Waals surface area contributed by atoms with Crippen molar-refractivity contribution >= 4 is 22.6 Å². The molecule has 0 spiro atoms. The minimum atomic E-state index is -0.414. The SMILES string of the molecule is CCC(=O)c1ccc(Cn2cc(C(=O)NC3CCOC(C)(C)C3)c3c(F)cccc32)cc1. The summed E-state index contributed by atoms with van der Waals surface area (Å²) in [6.45, 7) is 6.92. The summed E-state index contributed by atoms with van der Waals surface area (Å²) in [5, 5.41) is 3.41. The number of Topliss-reactive ketones (excluding diaryl/α,β-unsaturated/α-hetero) is 1. The van der Waals surface area contributed by atoms with Gasteiger partial charge >= 0.3 is 0 Å². The summed E-state index contributed by atoms with van der Waals surface area (Å²) < 4.78 is 22.4. The van der Waals surface area contributed by atoms with E-state index in [1.54, 1.807) is 12.3 Å². The fraction of sp³-hybridized carbons (Fsp3) is 0.385. The van der Waals surface area contributed by atoms with Crippen LogP contribution in [-0.4, -0.2) is 34.5 Å². The van der Waals surface area contributed by atoms with E-state index in [2.05, 4.69) is 5.32 Å². The topological polar surface area (TPSA) is 60.3 Å². The molecular weight excluding hydrogens is 407 g/mol. The van der Waals surface area contributed by atoms with E-state index in [9.17, 15) is 14.0 Å². The van der Waals surface area contributed by atoms with Gasteiger partial charge in [0.1, 0.15) is 5.82 Å². The molecule has 1 fully saturated rings. The number of carbonyl (C=O) groups excluding carboxylic acids is 2. The van der Waals surface area contributed by atoms with Crippen molar-refractivity contribution in [1.29, 1.82) is 0 Å². The van der Waals surface area contributed by atoms with Crippen LogP contribution >= 0.6 is 0 Å².